The maximum Gasteiger partial charge on any atom is 0.259 e. The second-order valence-corrected chi connectivity index (χ2v) is 5.37. The van der Waals surface area contributed by atoms with Gasteiger partial charge in [-0.3, -0.25) is 4.79 Å². The first-order chi connectivity index (χ1) is 11.3. The fourth-order valence-corrected chi connectivity index (χ4v) is 2.56. The highest BCUT2D eigenvalue weighted by Gasteiger charge is 2.19. The monoisotopic (exact) mass is 312 g/mol. The van der Waals surface area contributed by atoms with Crippen LogP contribution in [0.15, 0.2) is 48.7 Å². The molecule has 5 nitrogen and oxygen atoms in total. The highest BCUT2D eigenvalue weighted by atomic mass is 16.5. The summed E-state index contributed by atoms with van der Waals surface area (Å²) < 4.78 is 11.0. The molecule has 0 radical (unpaired) electrons. The molecule has 1 unspecified atom stereocenters. The molecule has 1 aromatic heterocycles. The van der Waals surface area contributed by atoms with Crippen molar-refractivity contribution in [3.8, 4) is 5.88 Å². The summed E-state index contributed by atoms with van der Waals surface area (Å²) >= 11 is 0. The van der Waals surface area contributed by atoms with Crippen LogP contribution in [0.4, 0.5) is 5.69 Å². The number of benzene rings is 1. The number of anilines is 1. The number of aromatic nitrogens is 1. The molecule has 5 heteroatoms. The van der Waals surface area contributed by atoms with Crippen LogP contribution in [0, 0.1) is 0 Å². The van der Waals surface area contributed by atoms with Crippen molar-refractivity contribution in [3.63, 3.8) is 0 Å². The van der Waals surface area contributed by atoms with E-state index in [0.717, 1.165) is 18.7 Å². The molecule has 1 saturated heterocycles. The van der Waals surface area contributed by atoms with Crippen molar-refractivity contribution in [1.82, 2.24) is 4.98 Å². The van der Waals surface area contributed by atoms with Gasteiger partial charge in [-0.25, -0.2) is 4.98 Å². The third kappa shape index (κ3) is 3.68. The molecule has 0 N–H and O–H groups in total. The van der Waals surface area contributed by atoms with Gasteiger partial charge < -0.3 is 14.4 Å². The number of para-hydroxylation sites is 1. The molecule has 1 fully saturated rings. The Labute approximate surface area is 135 Å². The van der Waals surface area contributed by atoms with Crippen LogP contribution in [0.3, 0.4) is 0 Å². The minimum atomic E-state index is -0.0676. The lowest BCUT2D eigenvalue weighted by Crippen LogP contribution is -2.30. The molecule has 23 heavy (non-hydrogen) atoms. The van der Waals surface area contributed by atoms with E-state index in [1.165, 1.54) is 0 Å². The van der Waals surface area contributed by atoms with Crippen LogP contribution in [0.2, 0.25) is 0 Å². The zero-order valence-corrected chi connectivity index (χ0v) is 13.1. The van der Waals surface area contributed by atoms with E-state index in [0.29, 0.717) is 24.6 Å². The van der Waals surface area contributed by atoms with Crippen molar-refractivity contribution in [1.29, 1.82) is 0 Å². The zero-order chi connectivity index (χ0) is 16.1. The Morgan fingerprint density at radius 3 is 2.74 bits per heavy atom. The van der Waals surface area contributed by atoms with E-state index in [9.17, 15) is 4.79 Å². The van der Waals surface area contributed by atoms with Gasteiger partial charge in [0.25, 0.3) is 5.91 Å². The Balaban J connectivity index is 1.71. The Morgan fingerprint density at radius 1 is 1.30 bits per heavy atom. The van der Waals surface area contributed by atoms with E-state index in [-0.39, 0.29) is 12.0 Å². The molecule has 0 aliphatic carbocycles. The zero-order valence-electron chi connectivity index (χ0n) is 13.1. The van der Waals surface area contributed by atoms with Crippen LogP contribution in [0.5, 0.6) is 5.88 Å². The van der Waals surface area contributed by atoms with Crippen molar-refractivity contribution < 1.29 is 14.3 Å². The lowest BCUT2D eigenvalue weighted by atomic mass is 10.2. The first-order valence-corrected chi connectivity index (χ1v) is 7.85. The average molecular weight is 312 g/mol. The van der Waals surface area contributed by atoms with Gasteiger partial charge in [0.1, 0.15) is 6.10 Å². The van der Waals surface area contributed by atoms with Crippen LogP contribution in [-0.2, 0) is 4.74 Å². The summed E-state index contributed by atoms with van der Waals surface area (Å²) in [5, 5.41) is 0. The van der Waals surface area contributed by atoms with E-state index in [2.05, 4.69) is 4.98 Å². The molecule has 3 rings (SSSR count). The maximum absolute atomic E-state index is 12.7. The summed E-state index contributed by atoms with van der Waals surface area (Å²) in [4.78, 5) is 18.6. The highest BCUT2D eigenvalue weighted by molar-refractivity contribution is 6.05. The van der Waals surface area contributed by atoms with Crippen LogP contribution in [-0.4, -0.2) is 36.8 Å². The van der Waals surface area contributed by atoms with Crippen molar-refractivity contribution >= 4 is 11.6 Å². The van der Waals surface area contributed by atoms with Gasteiger partial charge >= 0.3 is 0 Å². The van der Waals surface area contributed by atoms with Crippen LogP contribution < -0.4 is 9.64 Å². The minimum absolute atomic E-state index is 0.0560. The van der Waals surface area contributed by atoms with Crippen LogP contribution in [0.25, 0.3) is 0 Å². The largest absolute Gasteiger partial charge is 0.472 e. The Kier molecular flexibility index (Phi) is 4.88. The van der Waals surface area contributed by atoms with E-state index in [1.54, 1.807) is 23.2 Å². The summed E-state index contributed by atoms with van der Waals surface area (Å²) in [5.74, 6) is 0.460. The van der Waals surface area contributed by atoms with Gasteiger partial charge in [-0.05, 0) is 25.1 Å². The number of rotatable bonds is 5. The standard InChI is InChI=1S/C18H20N2O3/c1-2-20(15-6-4-3-5-7-15)18(21)14-8-9-17(19-12-14)23-16-10-11-22-13-16/h3-9,12,16H,2,10-11,13H2,1H3. The average Bonchev–Trinajstić information content (AvgIpc) is 3.10. The Bertz CT molecular complexity index is 637. The highest BCUT2D eigenvalue weighted by Crippen LogP contribution is 2.18. The van der Waals surface area contributed by atoms with Crippen molar-refractivity contribution in [2.45, 2.75) is 19.4 Å². The van der Waals surface area contributed by atoms with E-state index in [4.69, 9.17) is 9.47 Å². The molecule has 1 aromatic carbocycles. The number of carbonyl (C=O) groups is 1. The maximum atomic E-state index is 12.7. The summed E-state index contributed by atoms with van der Waals surface area (Å²) in [5.41, 5.74) is 1.43. The summed E-state index contributed by atoms with van der Waals surface area (Å²) in [6.07, 6.45) is 2.50. The fourth-order valence-electron chi connectivity index (χ4n) is 2.56. The van der Waals surface area contributed by atoms with E-state index in [1.807, 2.05) is 37.3 Å². The molecule has 1 atom stereocenters. The number of nitrogens with zero attached hydrogens (tertiary/aromatic N) is 2. The van der Waals surface area contributed by atoms with Gasteiger partial charge in [0.15, 0.2) is 0 Å². The second-order valence-electron chi connectivity index (χ2n) is 5.37. The van der Waals surface area contributed by atoms with Crippen LogP contribution >= 0.6 is 0 Å². The number of ether oxygens (including phenoxy) is 2. The van der Waals surface area contributed by atoms with Gasteiger partial charge in [0.2, 0.25) is 5.88 Å². The number of hydrogen-bond acceptors (Lipinski definition) is 4. The quantitative estimate of drug-likeness (QED) is 0.852. The van der Waals surface area contributed by atoms with Gasteiger partial charge in [0.05, 0.1) is 18.8 Å². The summed E-state index contributed by atoms with van der Waals surface area (Å²) in [6.45, 7) is 3.88. The van der Waals surface area contributed by atoms with Crippen molar-refractivity contribution in [3.05, 3.63) is 54.2 Å². The minimum Gasteiger partial charge on any atom is -0.472 e. The number of amides is 1. The molecule has 1 amide bonds. The number of carbonyl (C=O) groups excluding carboxylic acids is 1. The van der Waals surface area contributed by atoms with E-state index >= 15 is 0 Å². The second kappa shape index (κ2) is 7.24. The van der Waals surface area contributed by atoms with Gasteiger partial charge in [-0.15, -0.1) is 0 Å². The molecular weight excluding hydrogens is 292 g/mol. The summed E-state index contributed by atoms with van der Waals surface area (Å²) in [7, 11) is 0. The number of pyridine rings is 1. The molecule has 2 aromatic rings. The molecule has 0 spiro atoms. The Hall–Kier alpha value is -2.40. The first kappa shape index (κ1) is 15.5. The molecular formula is C18H20N2O3. The fraction of sp³-hybridized carbons (Fsp3) is 0.333. The lowest BCUT2D eigenvalue weighted by Gasteiger charge is -2.21. The SMILES string of the molecule is CCN(C(=O)c1ccc(OC2CCOC2)nc1)c1ccccc1. The smallest absolute Gasteiger partial charge is 0.259 e. The molecule has 120 valence electrons. The first-order valence-electron chi connectivity index (χ1n) is 7.85. The van der Waals surface area contributed by atoms with Gasteiger partial charge in [0, 0.05) is 30.9 Å². The Morgan fingerprint density at radius 2 is 2.13 bits per heavy atom. The van der Waals surface area contributed by atoms with Gasteiger partial charge in [-0.2, -0.15) is 0 Å². The van der Waals surface area contributed by atoms with Crippen molar-refractivity contribution in [2.75, 3.05) is 24.7 Å². The normalized spacial score (nSPS) is 17.0. The van der Waals surface area contributed by atoms with Crippen LogP contribution in [0.1, 0.15) is 23.7 Å². The lowest BCUT2D eigenvalue weighted by molar-refractivity contribution is 0.0987. The molecule has 1 aliphatic rings. The predicted octanol–water partition coefficient (Wildman–Crippen LogP) is 2.92. The summed E-state index contributed by atoms with van der Waals surface area (Å²) in [6, 6.07) is 13.1. The van der Waals surface area contributed by atoms with Gasteiger partial charge in [-0.1, -0.05) is 18.2 Å². The predicted molar refractivity (Wildman–Crippen MR) is 87.9 cm³/mol. The number of hydrogen-bond donors (Lipinski definition) is 0. The molecule has 2 heterocycles. The molecule has 0 bridgehead atoms. The third-order valence-electron chi connectivity index (χ3n) is 3.79. The molecule has 1 aliphatic heterocycles. The molecule has 0 saturated carbocycles. The van der Waals surface area contributed by atoms with Crippen molar-refractivity contribution in [2.24, 2.45) is 0 Å². The topological polar surface area (TPSA) is 51.7 Å². The van der Waals surface area contributed by atoms with E-state index < -0.39 is 0 Å². The third-order valence-corrected chi connectivity index (χ3v) is 3.79.